The first-order chi connectivity index (χ1) is 14.8. The maximum atomic E-state index is 5.95. The van der Waals surface area contributed by atoms with E-state index in [0.717, 1.165) is 60.9 Å². The van der Waals surface area contributed by atoms with Gasteiger partial charge in [-0.15, -0.1) is 0 Å². The maximum absolute atomic E-state index is 5.95. The normalized spacial score (nSPS) is 14.9. The number of piperazine rings is 1. The number of fused-ring (bicyclic) bond motifs is 1. The molecule has 1 radical (unpaired) electrons. The lowest BCUT2D eigenvalue weighted by Gasteiger charge is -2.35. The number of aromatic nitrogens is 2. The van der Waals surface area contributed by atoms with Crippen LogP contribution in [0.25, 0.3) is 10.2 Å². The van der Waals surface area contributed by atoms with Gasteiger partial charge in [0.15, 0.2) is 0 Å². The molecule has 1 aliphatic heterocycles. The highest BCUT2D eigenvalue weighted by Gasteiger charge is 2.17. The highest BCUT2D eigenvalue weighted by molar-refractivity contribution is 7.20. The van der Waals surface area contributed by atoms with E-state index in [4.69, 9.17) is 4.74 Å². The SMILES string of the molecule is [c]1ccnc(N2CCN(CCc3ccc(Oc4nc5ccccc5s4)cc3)CC2)c1. The number of nitrogens with zero attached hydrogens (tertiary/aromatic N) is 4. The first-order valence-corrected chi connectivity index (χ1v) is 11.1. The van der Waals surface area contributed by atoms with Crippen LogP contribution in [0.5, 0.6) is 10.9 Å². The Labute approximate surface area is 180 Å². The van der Waals surface area contributed by atoms with E-state index in [0.29, 0.717) is 5.19 Å². The van der Waals surface area contributed by atoms with Gasteiger partial charge in [-0.3, -0.25) is 4.90 Å². The van der Waals surface area contributed by atoms with Crippen LogP contribution >= 0.6 is 11.3 Å². The molecule has 2 aromatic heterocycles. The van der Waals surface area contributed by atoms with Crippen molar-refractivity contribution in [1.82, 2.24) is 14.9 Å². The Balaban J connectivity index is 1.11. The second-order valence-electron chi connectivity index (χ2n) is 7.39. The summed E-state index contributed by atoms with van der Waals surface area (Å²) in [6, 6.07) is 23.4. The molecule has 5 nitrogen and oxygen atoms in total. The van der Waals surface area contributed by atoms with Crippen LogP contribution in [0.4, 0.5) is 5.82 Å². The molecule has 0 saturated carbocycles. The smallest absolute Gasteiger partial charge is 0.279 e. The first kappa shape index (κ1) is 19.0. The lowest BCUT2D eigenvalue weighted by molar-refractivity contribution is 0.260. The summed E-state index contributed by atoms with van der Waals surface area (Å²) < 4.78 is 7.09. The molecule has 0 atom stereocenters. The molecule has 0 spiro atoms. The van der Waals surface area contributed by atoms with Crippen molar-refractivity contribution >= 4 is 27.4 Å². The van der Waals surface area contributed by atoms with Crippen molar-refractivity contribution in [2.75, 3.05) is 37.6 Å². The minimum Gasteiger partial charge on any atom is -0.431 e. The van der Waals surface area contributed by atoms with Crippen molar-refractivity contribution in [3.63, 3.8) is 0 Å². The van der Waals surface area contributed by atoms with Crippen LogP contribution in [0.2, 0.25) is 0 Å². The summed E-state index contributed by atoms with van der Waals surface area (Å²) in [4.78, 5) is 13.8. The Morgan fingerprint density at radius 2 is 1.83 bits per heavy atom. The lowest BCUT2D eigenvalue weighted by Crippen LogP contribution is -2.47. The zero-order chi connectivity index (χ0) is 20.2. The molecule has 1 aliphatic rings. The topological polar surface area (TPSA) is 41.5 Å². The third kappa shape index (κ3) is 4.45. The Morgan fingerprint density at radius 3 is 2.60 bits per heavy atom. The van der Waals surface area contributed by atoms with Crippen molar-refractivity contribution in [2.45, 2.75) is 6.42 Å². The molecule has 4 aromatic rings. The number of para-hydroxylation sites is 1. The average molecular weight is 416 g/mol. The molecular formula is C24H23N4OS. The van der Waals surface area contributed by atoms with Gasteiger partial charge in [-0.25, -0.2) is 9.97 Å². The fourth-order valence-electron chi connectivity index (χ4n) is 3.70. The molecule has 6 heteroatoms. The molecule has 1 fully saturated rings. The molecule has 151 valence electrons. The van der Waals surface area contributed by atoms with Crippen molar-refractivity contribution in [3.05, 3.63) is 78.5 Å². The van der Waals surface area contributed by atoms with Gasteiger partial charge >= 0.3 is 0 Å². The number of pyridine rings is 1. The van der Waals surface area contributed by atoms with Crippen LogP contribution in [0.3, 0.4) is 0 Å². The Hall–Kier alpha value is -2.96. The molecule has 0 N–H and O–H groups in total. The number of hydrogen-bond acceptors (Lipinski definition) is 6. The van der Waals surface area contributed by atoms with Gasteiger partial charge in [0.25, 0.3) is 5.19 Å². The second-order valence-corrected chi connectivity index (χ2v) is 8.38. The highest BCUT2D eigenvalue weighted by atomic mass is 32.1. The van der Waals surface area contributed by atoms with Crippen LogP contribution in [0.1, 0.15) is 5.56 Å². The second kappa shape index (κ2) is 8.81. The predicted octanol–water partition coefficient (Wildman–Crippen LogP) is 4.65. The van der Waals surface area contributed by atoms with Crippen LogP contribution in [0, 0.1) is 6.07 Å². The van der Waals surface area contributed by atoms with Gasteiger partial charge in [0.05, 0.1) is 10.2 Å². The zero-order valence-electron chi connectivity index (χ0n) is 16.7. The molecule has 2 aromatic carbocycles. The van der Waals surface area contributed by atoms with E-state index in [9.17, 15) is 0 Å². The number of hydrogen-bond donors (Lipinski definition) is 0. The van der Waals surface area contributed by atoms with Crippen LogP contribution in [-0.2, 0) is 6.42 Å². The zero-order valence-corrected chi connectivity index (χ0v) is 17.5. The summed E-state index contributed by atoms with van der Waals surface area (Å²) in [7, 11) is 0. The molecule has 5 rings (SSSR count). The molecule has 30 heavy (non-hydrogen) atoms. The van der Waals surface area contributed by atoms with Gasteiger partial charge < -0.3 is 9.64 Å². The van der Waals surface area contributed by atoms with Gasteiger partial charge in [0.2, 0.25) is 0 Å². The average Bonchev–Trinajstić information content (AvgIpc) is 3.22. The van der Waals surface area contributed by atoms with E-state index in [-0.39, 0.29) is 0 Å². The minimum atomic E-state index is 0.687. The largest absolute Gasteiger partial charge is 0.431 e. The lowest BCUT2D eigenvalue weighted by atomic mass is 10.1. The summed E-state index contributed by atoms with van der Waals surface area (Å²) in [6.07, 6.45) is 2.85. The van der Waals surface area contributed by atoms with E-state index < -0.39 is 0 Å². The summed E-state index contributed by atoms with van der Waals surface area (Å²) in [5.41, 5.74) is 2.31. The summed E-state index contributed by atoms with van der Waals surface area (Å²) in [6.45, 7) is 5.23. The Morgan fingerprint density at radius 1 is 1.00 bits per heavy atom. The predicted molar refractivity (Wildman–Crippen MR) is 122 cm³/mol. The molecule has 3 heterocycles. The van der Waals surface area contributed by atoms with E-state index in [1.54, 1.807) is 11.3 Å². The summed E-state index contributed by atoms with van der Waals surface area (Å²) in [5.74, 6) is 1.86. The van der Waals surface area contributed by atoms with Gasteiger partial charge in [0, 0.05) is 38.9 Å². The number of thiazole rings is 1. The fraction of sp³-hybridized carbons (Fsp3) is 0.250. The van der Waals surface area contributed by atoms with Gasteiger partial charge in [0.1, 0.15) is 11.6 Å². The summed E-state index contributed by atoms with van der Waals surface area (Å²) >= 11 is 1.57. The third-order valence-corrected chi connectivity index (χ3v) is 6.32. The molecule has 0 unspecified atom stereocenters. The Kier molecular flexibility index (Phi) is 5.59. The van der Waals surface area contributed by atoms with E-state index in [2.05, 4.69) is 44.0 Å². The van der Waals surface area contributed by atoms with E-state index >= 15 is 0 Å². The molecule has 0 aliphatic carbocycles. The standard InChI is InChI=1S/C24H23N4OS/c1-2-6-22-21(5-1)26-24(30-22)29-20-10-8-19(9-11-20)12-14-27-15-17-28(18-16-27)23-7-3-4-13-25-23/h1-2,4-11,13H,12,14-18H2. The maximum Gasteiger partial charge on any atom is 0.279 e. The summed E-state index contributed by atoms with van der Waals surface area (Å²) in [5, 5.41) is 0.687. The van der Waals surface area contributed by atoms with E-state index in [1.165, 1.54) is 5.56 Å². The number of benzene rings is 2. The van der Waals surface area contributed by atoms with Crippen molar-refractivity contribution < 1.29 is 4.74 Å². The Bertz CT molecular complexity index is 1060. The van der Waals surface area contributed by atoms with Gasteiger partial charge in [-0.05, 0) is 54.4 Å². The number of rotatable bonds is 6. The monoisotopic (exact) mass is 415 g/mol. The van der Waals surface area contributed by atoms with Crippen molar-refractivity contribution in [3.8, 4) is 10.9 Å². The number of anilines is 1. The minimum absolute atomic E-state index is 0.687. The molecule has 0 amide bonds. The van der Waals surface area contributed by atoms with Gasteiger partial charge in [-0.1, -0.05) is 35.6 Å². The molecular weight excluding hydrogens is 392 g/mol. The third-order valence-electron chi connectivity index (χ3n) is 5.41. The van der Waals surface area contributed by atoms with Gasteiger partial charge in [-0.2, -0.15) is 0 Å². The quantitative estimate of drug-likeness (QED) is 0.459. The van der Waals surface area contributed by atoms with Crippen LogP contribution in [0.15, 0.2) is 66.9 Å². The van der Waals surface area contributed by atoms with E-state index in [1.807, 2.05) is 48.7 Å². The highest BCUT2D eigenvalue weighted by Crippen LogP contribution is 2.31. The molecule has 0 bridgehead atoms. The first-order valence-electron chi connectivity index (χ1n) is 10.3. The van der Waals surface area contributed by atoms with Crippen LogP contribution < -0.4 is 9.64 Å². The van der Waals surface area contributed by atoms with Crippen molar-refractivity contribution in [2.24, 2.45) is 0 Å². The molecule has 1 saturated heterocycles. The number of ether oxygens (including phenoxy) is 1. The van der Waals surface area contributed by atoms with Crippen LogP contribution in [-0.4, -0.2) is 47.6 Å². The fourth-order valence-corrected chi connectivity index (χ4v) is 4.53. The van der Waals surface area contributed by atoms with Crippen molar-refractivity contribution in [1.29, 1.82) is 0 Å².